The Kier molecular flexibility index (Phi) is 3.30. The molecule has 3 aliphatic carbocycles. The lowest BCUT2D eigenvalue weighted by Crippen LogP contribution is -2.49. The van der Waals surface area contributed by atoms with Crippen LogP contribution in [0.2, 0.25) is 0 Å². The van der Waals surface area contributed by atoms with E-state index in [0.29, 0.717) is 44.3 Å². The summed E-state index contributed by atoms with van der Waals surface area (Å²) < 4.78 is 45.0. The molecule has 7 heteroatoms. The number of halogens is 3. The van der Waals surface area contributed by atoms with Crippen LogP contribution in [0.4, 0.5) is 13.2 Å². The number of nitrogens with zero attached hydrogens (tertiary/aromatic N) is 2. The Morgan fingerprint density at radius 3 is 2.18 bits per heavy atom. The molecule has 0 saturated heterocycles. The summed E-state index contributed by atoms with van der Waals surface area (Å²) in [6.07, 6.45) is 0.668. The van der Waals surface area contributed by atoms with Gasteiger partial charge in [-0.2, -0.15) is 13.2 Å². The van der Waals surface area contributed by atoms with E-state index in [9.17, 15) is 18.0 Å². The van der Waals surface area contributed by atoms with Gasteiger partial charge in [0, 0.05) is 18.7 Å². The first-order chi connectivity index (χ1) is 10.2. The molecule has 2 bridgehead atoms. The highest BCUT2D eigenvalue weighted by Gasteiger charge is 2.55. The first-order valence-corrected chi connectivity index (χ1v) is 7.42. The summed E-state index contributed by atoms with van der Waals surface area (Å²) in [5, 5.41) is 0. The van der Waals surface area contributed by atoms with Gasteiger partial charge in [0.1, 0.15) is 5.82 Å². The Morgan fingerprint density at radius 2 is 1.77 bits per heavy atom. The van der Waals surface area contributed by atoms with Gasteiger partial charge in [0.15, 0.2) is 5.69 Å². The van der Waals surface area contributed by atoms with E-state index in [1.807, 2.05) is 0 Å². The lowest BCUT2D eigenvalue weighted by atomic mass is 9.53. The molecule has 22 heavy (non-hydrogen) atoms. The molecule has 0 spiro atoms. The van der Waals surface area contributed by atoms with Crippen LogP contribution >= 0.6 is 0 Å². The number of carbonyl (C=O) groups excluding carboxylic acids is 1. The van der Waals surface area contributed by atoms with Crippen molar-refractivity contribution in [1.82, 2.24) is 9.55 Å². The van der Waals surface area contributed by atoms with Crippen molar-refractivity contribution in [1.29, 1.82) is 0 Å². The van der Waals surface area contributed by atoms with Crippen LogP contribution in [-0.2, 0) is 28.2 Å². The van der Waals surface area contributed by atoms with E-state index in [1.165, 1.54) is 11.7 Å². The zero-order chi connectivity index (χ0) is 16.2. The molecular formula is C15H19F3N2O2. The fraction of sp³-hybridized carbons (Fsp3) is 0.733. The normalized spacial score (nSPS) is 31.3. The highest BCUT2D eigenvalue weighted by atomic mass is 19.4. The van der Waals surface area contributed by atoms with Gasteiger partial charge in [-0.05, 0) is 38.5 Å². The molecule has 1 aromatic rings. The molecule has 0 atom stereocenters. The number of aromatic nitrogens is 2. The van der Waals surface area contributed by atoms with Crippen molar-refractivity contribution in [3.8, 4) is 0 Å². The standard InChI is InChI=1S/C15H19F3N2O2/c1-20-9-10(15(16,17)18)19-11(20)13-3-6-14(7-4-13,8-5-13)12(21)22-2/h9H,3-8H2,1-2H3. The zero-order valence-electron chi connectivity index (χ0n) is 12.7. The van der Waals surface area contributed by atoms with Crippen molar-refractivity contribution in [2.75, 3.05) is 7.11 Å². The van der Waals surface area contributed by atoms with E-state index < -0.39 is 17.3 Å². The maximum Gasteiger partial charge on any atom is 0.434 e. The molecule has 3 fully saturated rings. The van der Waals surface area contributed by atoms with Crippen molar-refractivity contribution in [3.05, 3.63) is 17.7 Å². The van der Waals surface area contributed by atoms with E-state index in [-0.39, 0.29) is 11.4 Å². The first kappa shape index (κ1) is 15.4. The molecule has 4 nitrogen and oxygen atoms in total. The topological polar surface area (TPSA) is 44.1 Å². The largest absolute Gasteiger partial charge is 0.469 e. The maximum atomic E-state index is 12.9. The molecule has 3 aliphatic rings. The number of ether oxygens (including phenoxy) is 1. The SMILES string of the molecule is COC(=O)C12CCC(c3nc(C(F)(F)F)cn3C)(CC1)CC2. The van der Waals surface area contributed by atoms with Crippen molar-refractivity contribution in [2.45, 2.75) is 50.1 Å². The minimum Gasteiger partial charge on any atom is -0.469 e. The van der Waals surface area contributed by atoms with E-state index in [2.05, 4.69) is 4.98 Å². The Labute approximate surface area is 126 Å². The summed E-state index contributed by atoms with van der Waals surface area (Å²) in [6, 6.07) is 0. The Balaban J connectivity index is 1.90. The minimum absolute atomic E-state index is 0.184. The smallest absolute Gasteiger partial charge is 0.434 e. The number of alkyl halides is 3. The quantitative estimate of drug-likeness (QED) is 0.787. The summed E-state index contributed by atoms with van der Waals surface area (Å²) in [7, 11) is 3.00. The molecular weight excluding hydrogens is 297 g/mol. The number of carbonyl (C=O) groups is 1. The Morgan fingerprint density at radius 1 is 1.23 bits per heavy atom. The molecule has 122 valence electrons. The van der Waals surface area contributed by atoms with Gasteiger partial charge in [-0.25, -0.2) is 4.98 Å². The summed E-state index contributed by atoms with van der Waals surface area (Å²) in [4.78, 5) is 15.9. The van der Waals surface area contributed by atoms with Crippen molar-refractivity contribution in [3.63, 3.8) is 0 Å². The Bertz CT molecular complexity index is 582. The van der Waals surface area contributed by atoms with Gasteiger partial charge < -0.3 is 9.30 Å². The average molecular weight is 316 g/mol. The molecule has 1 aromatic heterocycles. The molecule has 3 saturated carbocycles. The maximum absolute atomic E-state index is 12.9. The fourth-order valence-corrected chi connectivity index (χ4v) is 4.14. The second-order valence-corrected chi connectivity index (χ2v) is 6.61. The molecule has 1 heterocycles. The van der Waals surface area contributed by atoms with Gasteiger partial charge in [0.25, 0.3) is 0 Å². The Hall–Kier alpha value is -1.53. The lowest BCUT2D eigenvalue weighted by molar-refractivity contribution is -0.160. The van der Waals surface area contributed by atoms with Crippen LogP contribution in [0.5, 0.6) is 0 Å². The number of esters is 1. The van der Waals surface area contributed by atoms with Crippen LogP contribution < -0.4 is 0 Å². The first-order valence-electron chi connectivity index (χ1n) is 7.42. The third kappa shape index (κ3) is 2.13. The summed E-state index contributed by atoms with van der Waals surface area (Å²) in [6.45, 7) is 0. The predicted octanol–water partition coefficient (Wildman–Crippen LogP) is 3.20. The van der Waals surface area contributed by atoms with Crippen LogP contribution in [0, 0.1) is 5.41 Å². The van der Waals surface area contributed by atoms with Gasteiger partial charge in [0.2, 0.25) is 0 Å². The number of rotatable bonds is 2. The van der Waals surface area contributed by atoms with Gasteiger partial charge in [-0.15, -0.1) is 0 Å². The average Bonchev–Trinajstić information content (AvgIpc) is 2.91. The van der Waals surface area contributed by atoms with Gasteiger partial charge >= 0.3 is 12.1 Å². The van der Waals surface area contributed by atoms with Gasteiger partial charge in [-0.1, -0.05) is 0 Å². The second kappa shape index (κ2) is 4.73. The van der Waals surface area contributed by atoms with Crippen LogP contribution in [0.3, 0.4) is 0 Å². The van der Waals surface area contributed by atoms with Gasteiger partial charge in [-0.3, -0.25) is 4.79 Å². The number of imidazole rings is 1. The summed E-state index contributed by atoms with van der Waals surface area (Å²) in [5.74, 6) is 0.314. The number of hydrogen-bond donors (Lipinski definition) is 0. The highest BCUT2D eigenvalue weighted by Crippen LogP contribution is 2.58. The van der Waals surface area contributed by atoms with E-state index >= 15 is 0 Å². The van der Waals surface area contributed by atoms with E-state index in [4.69, 9.17) is 4.74 Å². The molecule has 0 aliphatic heterocycles. The highest BCUT2D eigenvalue weighted by molar-refractivity contribution is 5.77. The van der Waals surface area contributed by atoms with E-state index in [1.54, 1.807) is 7.05 Å². The van der Waals surface area contributed by atoms with Crippen molar-refractivity contribution < 1.29 is 22.7 Å². The molecule has 4 rings (SSSR count). The van der Waals surface area contributed by atoms with Crippen LogP contribution in [0.1, 0.15) is 50.0 Å². The number of aryl methyl sites for hydroxylation is 1. The lowest BCUT2D eigenvalue weighted by Gasteiger charge is -2.51. The predicted molar refractivity (Wildman–Crippen MR) is 72.0 cm³/mol. The number of fused-ring (bicyclic) bond motifs is 3. The third-order valence-electron chi connectivity index (χ3n) is 5.51. The zero-order valence-corrected chi connectivity index (χ0v) is 12.7. The molecule has 0 aromatic carbocycles. The van der Waals surface area contributed by atoms with Crippen molar-refractivity contribution in [2.24, 2.45) is 12.5 Å². The molecule has 0 amide bonds. The summed E-state index contributed by atoms with van der Waals surface area (Å²) in [5.41, 5.74) is -1.61. The monoisotopic (exact) mass is 316 g/mol. The van der Waals surface area contributed by atoms with Crippen LogP contribution in [-0.4, -0.2) is 22.6 Å². The van der Waals surface area contributed by atoms with Crippen LogP contribution in [0.15, 0.2) is 6.20 Å². The van der Waals surface area contributed by atoms with E-state index in [0.717, 1.165) is 6.20 Å². The number of methoxy groups -OCH3 is 1. The third-order valence-corrected chi connectivity index (χ3v) is 5.51. The molecule has 0 unspecified atom stereocenters. The molecule has 0 radical (unpaired) electrons. The minimum atomic E-state index is -4.42. The second-order valence-electron chi connectivity index (χ2n) is 6.61. The summed E-state index contributed by atoms with van der Waals surface area (Å²) >= 11 is 0. The number of hydrogen-bond acceptors (Lipinski definition) is 3. The van der Waals surface area contributed by atoms with Crippen molar-refractivity contribution >= 4 is 5.97 Å². The van der Waals surface area contributed by atoms with Crippen LogP contribution in [0.25, 0.3) is 0 Å². The van der Waals surface area contributed by atoms with Gasteiger partial charge in [0.05, 0.1) is 12.5 Å². The molecule has 0 N–H and O–H groups in total. The fourth-order valence-electron chi connectivity index (χ4n) is 4.14.